The van der Waals surface area contributed by atoms with Gasteiger partial charge in [0.25, 0.3) is 0 Å². The van der Waals surface area contributed by atoms with E-state index < -0.39 is 5.82 Å². The summed E-state index contributed by atoms with van der Waals surface area (Å²) in [5, 5.41) is 10.2. The Balaban J connectivity index is 0.00000208. The first-order valence-electron chi connectivity index (χ1n) is 7.80. The first-order valence-corrected chi connectivity index (χ1v) is 7.80. The quantitative estimate of drug-likeness (QED) is 0.889. The molecular formula is C17H22ClFN4O. The highest BCUT2D eigenvalue weighted by Gasteiger charge is 2.28. The number of aryl methyl sites for hydroxylation is 2. The molecule has 1 atom stereocenters. The van der Waals surface area contributed by atoms with E-state index in [0.29, 0.717) is 17.3 Å². The zero-order chi connectivity index (χ0) is 16.6. The van der Waals surface area contributed by atoms with Crippen LogP contribution in [-0.4, -0.2) is 28.8 Å². The van der Waals surface area contributed by atoms with E-state index >= 15 is 0 Å². The van der Waals surface area contributed by atoms with Gasteiger partial charge >= 0.3 is 0 Å². The number of hydrogen-bond acceptors (Lipinski definition) is 3. The number of aromatic nitrogens is 2. The number of amides is 1. The maximum absolute atomic E-state index is 14.4. The molecule has 24 heavy (non-hydrogen) atoms. The van der Waals surface area contributed by atoms with Gasteiger partial charge in [0.05, 0.1) is 5.69 Å². The van der Waals surface area contributed by atoms with Crippen LogP contribution in [-0.2, 0) is 4.79 Å². The number of halogens is 2. The van der Waals surface area contributed by atoms with Crippen molar-refractivity contribution < 1.29 is 9.18 Å². The summed E-state index contributed by atoms with van der Waals surface area (Å²) in [5.74, 6) is -0.217. The fourth-order valence-electron chi connectivity index (χ4n) is 2.76. The Hall–Kier alpha value is -1.92. The summed E-state index contributed by atoms with van der Waals surface area (Å²) in [7, 11) is 0. The van der Waals surface area contributed by atoms with E-state index in [1.165, 1.54) is 6.07 Å². The standard InChI is InChI=1S/C17H21FN4O.ClH/c1-10-6-11(2)22(21-10)16-5-4-14(7-15(16)18)20-17(23)12(3)13-8-19-9-13;/h4-7,12-13,19H,8-9H2,1-3H3,(H,20,23);1H. The van der Waals surface area contributed by atoms with Crippen molar-refractivity contribution >= 4 is 24.0 Å². The molecule has 2 aromatic rings. The van der Waals surface area contributed by atoms with Crippen molar-refractivity contribution in [2.45, 2.75) is 20.8 Å². The third kappa shape index (κ3) is 3.60. The highest BCUT2D eigenvalue weighted by molar-refractivity contribution is 5.92. The molecule has 2 N–H and O–H groups in total. The lowest BCUT2D eigenvalue weighted by molar-refractivity contribution is -0.121. The lowest BCUT2D eigenvalue weighted by Crippen LogP contribution is -2.48. The molecule has 1 aromatic carbocycles. The number of nitrogens with zero attached hydrogens (tertiary/aromatic N) is 2. The van der Waals surface area contributed by atoms with Gasteiger partial charge in [0.1, 0.15) is 5.69 Å². The number of rotatable bonds is 4. The second kappa shape index (κ2) is 7.32. The number of benzene rings is 1. The minimum Gasteiger partial charge on any atom is -0.326 e. The van der Waals surface area contributed by atoms with Crippen molar-refractivity contribution in [2.75, 3.05) is 18.4 Å². The van der Waals surface area contributed by atoms with Crippen molar-refractivity contribution in [2.24, 2.45) is 11.8 Å². The summed E-state index contributed by atoms with van der Waals surface area (Å²) in [5.41, 5.74) is 2.55. The number of nitrogens with one attached hydrogen (secondary N) is 2. The van der Waals surface area contributed by atoms with E-state index in [1.54, 1.807) is 16.8 Å². The van der Waals surface area contributed by atoms with Gasteiger partial charge in [-0.3, -0.25) is 4.79 Å². The minimum atomic E-state index is -0.410. The predicted molar refractivity (Wildman–Crippen MR) is 94.4 cm³/mol. The normalized spacial score (nSPS) is 15.3. The summed E-state index contributed by atoms with van der Waals surface area (Å²) in [6, 6.07) is 6.58. The highest BCUT2D eigenvalue weighted by Crippen LogP contribution is 2.22. The average molecular weight is 353 g/mol. The third-order valence-electron chi connectivity index (χ3n) is 4.39. The molecule has 1 aliphatic heterocycles. The molecule has 0 bridgehead atoms. The molecule has 1 aliphatic rings. The van der Waals surface area contributed by atoms with Gasteiger partial charge in [0.2, 0.25) is 5.91 Å². The molecule has 130 valence electrons. The van der Waals surface area contributed by atoms with Crippen LogP contribution >= 0.6 is 12.4 Å². The van der Waals surface area contributed by atoms with E-state index in [-0.39, 0.29) is 24.2 Å². The largest absolute Gasteiger partial charge is 0.326 e. The van der Waals surface area contributed by atoms with Gasteiger partial charge in [-0.15, -0.1) is 12.4 Å². The number of carbonyl (C=O) groups excluding carboxylic acids is 1. The SMILES string of the molecule is Cc1cc(C)n(-c2ccc(NC(=O)C(C)C3CNC3)cc2F)n1.Cl. The number of carbonyl (C=O) groups is 1. The number of anilines is 1. The van der Waals surface area contributed by atoms with Crippen LogP contribution in [0.3, 0.4) is 0 Å². The van der Waals surface area contributed by atoms with Crippen molar-refractivity contribution in [1.82, 2.24) is 15.1 Å². The maximum atomic E-state index is 14.4. The topological polar surface area (TPSA) is 59.0 Å². The summed E-state index contributed by atoms with van der Waals surface area (Å²) in [6.45, 7) is 7.37. The van der Waals surface area contributed by atoms with E-state index in [2.05, 4.69) is 15.7 Å². The summed E-state index contributed by atoms with van der Waals surface area (Å²) < 4.78 is 16.0. The Morgan fingerprint density at radius 2 is 2.08 bits per heavy atom. The molecule has 5 nitrogen and oxygen atoms in total. The zero-order valence-corrected chi connectivity index (χ0v) is 14.8. The van der Waals surface area contributed by atoms with Crippen molar-refractivity contribution in [1.29, 1.82) is 0 Å². The van der Waals surface area contributed by atoms with Gasteiger partial charge in [0.15, 0.2) is 5.82 Å². The highest BCUT2D eigenvalue weighted by atomic mass is 35.5. The van der Waals surface area contributed by atoms with Crippen LogP contribution in [0.1, 0.15) is 18.3 Å². The fourth-order valence-corrected chi connectivity index (χ4v) is 2.76. The molecule has 1 aromatic heterocycles. The van der Waals surface area contributed by atoms with Crippen LogP contribution < -0.4 is 10.6 Å². The Morgan fingerprint density at radius 3 is 2.58 bits per heavy atom. The molecule has 0 aliphatic carbocycles. The molecule has 1 fully saturated rings. The third-order valence-corrected chi connectivity index (χ3v) is 4.39. The van der Waals surface area contributed by atoms with Crippen LogP contribution in [0.15, 0.2) is 24.3 Å². The number of hydrogen-bond donors (Lipinski definition) is 2. The molecule has 3 rings (SSSR count). The minimum absolute atomic E-state index is 0. The maximum Gasteiger partial charge on any atom is 0.227 e. The van der Waals surface area contributed by atoms with Crippen LogP contribution in [0.4, 0.5) is 10.1 Å². The van der Waals surface area contributed by atoms with E-state index in [4.69, 9.17) is 0 Å². The van der Waals surface area contributed by atoms with Gasteiger partial charge in [-0.25, -0.2) is 9.07 Å². The lowest BCUT2D eigenvalue weighted by atomic mass is 9.88. The Morgan fingerprint density at radius 1 is 1.38 bits per heavy atom. The van der Waals surface area contributed by atoms with Crippen LogP contribution in [0, 0.1) is 31.5 Å². The molecule has 0 saturated carbocycles. The lowest BCUT2D eigenvalue weighted by Gasteiger charge is -2.31. The molecular weight excluding hydrogens is 331 g/mol. The Kier molecular flexibility index (Phi) is 5.62. The molecule has 2 heterocycles. The summed E-state index contributed by atoms with van der Waals surface area (Å²) in [4.78, 5) is 12.2. The molecule has 0 spiro atoms. The van der Waals surface area contributed by atoms with Gasteiger partial charge in [0, 0.05) is 17.3 Å². The summed E-state index contributed by atoms with van der Waals surface area (Å²) in [6.07, 6.45) is 0. The van der Waals surface area contributed by atoms with Gasteiger partial charge < -0.3 is 10.6 Å². The molecule has 1 unspecified atom stereocenters. The summed E-state index contributed by atoms with van der Waals surface area (Å²) >= 11 is 0. The van der Waals surface area contributed by atoms with E-state index in [1.807, 2.05) is 26.8 Å². The van der Waals surface area contributed by atoms with Crippen LogP contribution in [0.25, 0.3) is 5.69 Å². The van der Waals surface area contributed by atoms with Gasteiger partial charge in [-0.2, -0.15) is 5.10 Å². The Labute approximate surface area is 147 Å². The monoisotopic (exact) mass is 352 g/mol. The predicted octanol–water partition coefficient (Wildman–Crippen LogP) is 2.84. The first kappa shape index (κ1) is 18.4. The molecule has 1 saturated heterocycles. The average Bonchev–Trinajstić information content (AvgIpc) is 2.75. The second-order valence-corrected chi connectivity index (χ2v) is 6.20. The van der Waals surface area contributed by atoms with E-state index in [0.717, 1.165) is 24.5 Å². The van der Waals surface area contributed by atoms with Crippen molar-refractivity contribution in [3.05, 3.63) is 41.5 Å². The smallest absolute Gasteiger partial charge is 0.227 e. The Bertz CT molecular complexity index is 742. The first-order chi connectivity index (χ1) is 11.0. The van der Waals surface area contributed by atoms with Crippen molar-refractivity contribution in [3.8, 4) is 5.69 Å². The van der Waals surface area contributed by atoms with Crippen LogP contribution in [0.5, 0.6) is 0 Å². The van der Waals surface area contributed by atoms with Crippen molar-refractivity contribution in [3.63, 3.8) is 0 Å². The van der Waals surface area contributed by atoms with Crippen LogP contribution in [0.2, 0.25) is 0 Å². The molecule has 7 heteroatoms. The fraction of sp³-hybridized carbons (Fsp3) is 0.412. The molecule has 1 amide bonds. The van der Waals surface area contributed by atoms with Gasteiger partial charge in [-0.05, 0) is 57.1 Å². The zero-order valence-electron chi connectivity index (χ0n) is 14.0. The second-order valence-electron chi connectivity index (χ2n) is 6.20. The molecule has 0 radical (unpaired) electrons. The van der Waals surface area contributed by atoms with Gasteiger partial charge in [-0.1, -0.05) is 6.92 Å². The van der Waals surface area contributed by atoms with E-state index in [9.17, 15) is 9.18 Å².